The van der Waals surface area contributed by atoms with E-state index in [1.807, 2.05) is 24.3 Å². The van der Waals surface area contributed by atoms with Crippen molar-refractivity contribution in [3.63, 3.8) is 0 Å². The Balaban J connectivity index is 2.00. The Bertz CT molecular complexity index is 608. The van der Waals surface area contributed by atoms with E-state index in [1.165, 1.54) is 0 Å². The Morgan fingerprint density at radius 1 is 1.20 bits per heavy atom. The summed E-state index contributed by atoms with van der Waals surface area (Å²) >= 11 is 6.03. The zero-order valence-electron chi connectivity index (χ0n) is 11.2. The lowest BCUT2D eigenvalue weighted by Gasteiger charge is -2.05. The summed E-state index contributed by atoms with van der Waals surface area (Å²) < 4.78 is 5.09. The predicted molar refractivity (Wildman–Crippen MR) is 81.5 cm³/mol. The smallest absolute Gasteiger partial charge is 0.164 e. The highest BCUT2D eigenvalue weighted by molar-refractivity contribution is 6.34. The van der Waals surface area contributed by atoms with E-state index in [0.29, 0.717) is 29.1 Å². The van der Waals surface area contributed by atoms with Crippen LogP contribution in [-0.2, 0) is 6.42 Å². The SMILES string of the molecule is COc1ccc(CCC(=O)c2ccc(N)cc2Cl)cc1. The standard InChI is InChI=1S/C16H16ClNO2/c1-20-13-6-2-11(3-7-13)4-9-16(19)14-8-5-12(18)10-15(14)17/h2-3,5-8,10H,4,9,18H2,1H3. The van der Waals surface area contributed by atoms with Crippen LogP contribution < -0.4 is 10.5 Å². The van der Waals surface area contributed by atoms with Crippen molar-refractivity contribution in [3.05, 3.63) is 58.6 Å². The Labute approximate surface area is 123 Å². The van der Waals surface area contributed by atoms with Gasteiger partial charge in [0.05, 0.1) is 12.1 Å². The van der Waals surface area contributed by atoms with Crippen LogP contribution in [0.5, 0.6) is 5.75 Å². The van der Waals surface area contributed by atoms with Crippen molar-refractivity contribution in [2.45, 2.75) is 12.8 Å². The van der Waals surface area contributed by atoms with E-state index < -0.39 is 0 Å². The van der Waals surface area contributed by atoms with Crippen LogP contribution in [-0.4, -0.2) is 12.9 Å². The first-order valence-electron chi connectivity index (χ1n) is 6.31. The summed E-state index contributed by atoms with van der Waals surface area (Å²) in [6.45, 7) is 0. The fourth-order valence-corrected chi connectivity index (χ4v) is 2.24. The molecule has 0 saturated carbocycles. The van der Waals surface area contributed by atoms with Gasteiger partial charge in [0, 0.05) is 17.7 Å². The van der Waals surface area contributed by atoms with Crippen LogP contribution in [0.1, 0.15) is 22.3 Å². The molecule has 3 nitrogen and oxygen atoms in total. The topological polar surface area (TPSA) is 52.3 Å². The summed E-state index contributed by atoms with van der Waals surface area (Å²) in [5.74, 6) is 0.826. The average molecular weight is 290 g/mol. The van der Waals surface area contributed by atoms with Gasteiger partial charge < -0.3 is 10.5 Å². The summed E-state index contributed by atoms with van der Waals surface area (Å²) in [5, 5.41) is 0.407. The second kappa shape index (κ2) is 6.44. The number of anilines is 1. The Morgan fingerprint density at radius 3 is 2.50 bits per heavy atom. The minimum absolute atomic E-state index is 0.0193. The lowest BCUT2D eigenvalue weighted by molar-refractivity contribution is 0.0983. The highest BCUT2D eigenvalue weighted by atomic mass is 35.5. The number of nitrogen functional groups attached to an aromatic ring is 1. The molecule has 0 radical (unpaired) electrons. The Morgan fingerprint density at radius 2 is 1.90 bits per heavy atom. The van der Waals surface area contributed by atoms with Crippen molar-refractivity contribution in [2.24, 2.45) is 0 Å². The van der Waals surface area contributed by atoms with Crippen molar-refractivity contribution in [3.8, 4) is 5.75 Å². The third-order valence-corrected chi connectivity index (χ3v) is 3.41. The van der Waals surface area contributed by atoms with Gasteiger partial charge in [0.25, 0.3) is 0 Å². The van der Waals surface area contributed by atoms with Gasteiger partial charge in [-0.15, -0.1) is 0 Å². The normalized spacial score (nSPS) is 10.3. The van der Waals surface area contributed by atoms with Crippen molar-refractivity contribution in [1.29, 1.82) is 0 Å². The van der Waals surface area contributed by atoms with Gasteiger partial charge in [0.15, 0.2) is 5.78 Å². The molecular formula is C16H16ClNO2. The van der Waals surface area contributed by atoms with Crippen molar-refractivity contribution >= 4 is 23.1 Å². The van der Waals surface area contributed by atoms with E-state index in [9.17, 15) is 4.79 Å². The molecule has 4 heteroatoms. The molecule has 0 bridgehead atoms. The number of benzene rings is 2. The maximum atomic E-state index is 12.1. The molecule has 104 valence electrons. The summed E-state index contributed by atoms with van der Waals surface area (Å²) in [7, 11) is 1.63. The molecule has 0 aliphatic heterocycles. The molecule has 0 aliphatic rings. The molecular weight excluding hydrogens is 274 g/mol. The number of hydrogen-bond donors (Lipinski definition) is 1. The second-order valence-electron chi connectivity index (χ2n) is 4.51. The number of carbonyl (C=O) groups excluding carboxylic acids is 1. The molecule has 2 aromatic carbocycles. The van der Waals surface area contributed by atoms with Crippen LogP contribution in [0, 0.1) is 0 Å². The molecule has 0 unspecified atom stereocenters. The number of methoxy groups -OCH3 is 1. The van der Waals surface area contributed by atoms with Crippen LogP contribution in [0.15, 0.2) is 42.5 Å². The largest absolute Gasteiger partial charge is 0.497 e. The van der Waals surface area contributed by atoms with Gasteiger partial charge in [-0.05, 0) is 42.3 Å². The van der Waals surface area contributed by atoms with Crippen LogP contribution in [0.2, 0.25) is 5.02 Å². The van der Waals surface area contributed by atoms with E-state index in [0.717, 1.165) is 11.3 Å². The molecule has 0 amide bonds. The monoisotopic (exact) mass is 289 g/mol. The summed E-state index contributed by atoms with van der Waals surface area (Å²) in [6.07, 6.45) is 1.08. The van der Waals surface area contributed by atoms with Crippen molar-refractivity contribution in [1.82, 2.24) is 0 Å². The molecule has 20 heavy (non-hydrogen) atoms. The highest BCUT2D eigenvalue weighted by Crippen LogP contribution is 2.21. The first-order valence-corrected chi connectivity index (χ1v) is 6.69. The number of halogens is 1. The number of nitrogens with two attached hydrogens (primary N) is 1. The minimum atomic E-state index is 0.0193. The molecule has 0 aromatic heterocycles. The number of ether oxygens (including phenoxy) is 1. The molecule has 0 saturated heterocycles. The van der Waals surface area contributed by atoms with Crippen LogP contribution in [0.25, 0.3) is 0 Å². The molecule has 0 aliphatic carbocycles. The fraction of sp³-hybridized carbons (Fsp3) is 0.188. The minimum Gasteiger partial charge on any atom is -0.497 e. The first-order chi connectivity index (χ1) is 9.60. The molecule has 0 atom stereocenters. The fourth-order valence-electron chi connectivity index (χ4n) is 1.94. The van der Waals surface area contributed by atoms with E-state index in [4.69, 9.17) is 22.1 Å². The van der Waals surface area contributed by atoms with Gasteiger partial charge in [-0.2, -0.15) is 0 Å². The van der Waals surface area contributed by atoms with E-state index in [-0.39, 0.29) is 5.78 Å². The quantitative estimate of drug-likeness (QED) is 0.674. The third kappa shape index (κ3) is 3.52. The number of aryl methyl sites for hydroxylation is 1. The zero-order valence-corrected chi connectivity index (χ0v) is 12.0. The van der Waals surface area contributed by atoms with Crippen LogP contribution in [0.3, 0.4) is 0 Å². The van der Waals surface area contributed by atoms with Gasteiger partial charge in [0.2, 0.25) is 0 Å². The summed E-state index contributed by atoms with van der Waals surface area (Å²) in [6, 6.07) is 12.6. The van der Waals surface area contributed by atoms with Gasteiger partial charge in [-0.3, -0.25) is 4.79 Å². The maximum Gasteiger partial charge on any atom is 0.164 e. The van der Waals surface area contributed by atoms with E-state index in [2.05, 4.69) is 0 Å². The summed E-state index contributed by atoms with van der Waals surface area (Å²) in [4.78, 5) is 12.1. The van der Waals surface area contributed by atoms with Gasteiger partial charge in [-0.25, -0.2) is 0 Å². The third-order valence-electron chi connectivity index (χ3n) is 3.09. The van der Waals surface area contributed by atoms with Crippen LogP contribution in [0.4, 0.5) is 5.69 Å². The number of rotatable bonds is 5. The first kappa shape index (κ1) is 14.4. The van der Waals surface area contributed by atoms with E-state index >= 15 is 0 Å². The number of Topliss-reactive ketones (excluding diaryl/α,β-unsaturated/α-hetero) is 1. The molecule has 2 N–H and O–H groups in total. The molecule has 0 fully saturated rings. The lowest BCUT2D eigenvalue weighted by atomic mass is 10.0. The Kier molecular flexibility index (Phi) is 4.64. The molecule has 0 heterocycles. The number of carbonyl (C=O) groups is 1. The van der Waals surface area contributed by atoms with Gasteiger partial charge >= 0.3 is 0 Å². The second-order valence-corrected chi connectivity index (χ2v) is 4.92. The number of ketones is 1. The molecule has 0 spiro atoms. The molecule has 2 rings (SSSR count). The maximum absolute atomic E-state index is 12.1. The van der Waals surface area contributed by atoms with Gasteiger partial charge in [0.1, 0.15) is 5.75 Å². The van der Waals surface area contributed by atoms with Crippen molar-refractivity contribution < 1.29 is 9.53 Å². The average Bonchev–Trinajstić information content (AvgIpc) is 2.45. The zero-order chi connectivity index (χ0) is 14.5. The Hall–Kier alpha value is -2.00. The summed E-state index contributed by atoms with van der Waals surface area (Å²) in [5.41, 5.74) is 7.78. The van der Waals surface area contributed by atoms with Crippen LogP contribution >= 0.6 is 11.6 Å². The molecule has 2 aromatic rings. The van der Waals surface area contributed by atoms with Gasteiger partial charge in [-0.1, -0.05) is 23.7 Å². The van der Waals surface area contributed by atoms with E-state index in [1.54, 1.807) is 25.3 Å². The highest BCUT2D eigenvalue weighted by Gasteiger charge is 2.10. The predicted octanol–water partition coefficient (Wildman–Crippen LogP) is 3.75. The lowest BCUT2D eigenvalue weighted by Crippen LogP contribution is -2.02. The van der Waals surface area contributed by atoms with Crippen molar-refractivity contribution in [2.75, 3.05) is 12.8 Å². The number of hydrogen-bond acceptors (Lipinski definition) is 3.